The summed E-state index contributed by atoms with van der Waals surface area (Å²) in [5.41, 5.74) is 5.59. The zero-order chi connectivity index (χ0) is 25.6. The number of nitrogens with one attached hydrogen (secondary N) is 2. The van der Waals surface area contributed by atoms with Crippen LogP contribution in [0.25, 0.3) is 10.9 Å². The maximum atomic E-state index is 13.9. The van der Waals surface area contributed by atoms with Crippen LogP contribution in [-0.2, 0) is 22.4 Å². The fourth-order valence-electron chi connectivity index (χ4n) is 4.99. The third-order valence-corrected chi connectivity index (χ3v) is 7.01. The van der Waals surface area contributed by atoms with Gasteiger partial charge in [0.2, 0.25) is 0 Å². The second-order valence-electron chi connectivity index (χ2n) is 9.55. The molecule has 37 heavy (non-hydrogen) atoms. The van der Waals surface area contributed by atoms with Crippen LogP contribution in [0.15, 0.2) is 79.0 Å². The number of carbonyl (C=O) groups excluding carboxylic acids is 2. The maximum absolute atomic E-state index is 13.9. The van der Waals surface area contributed by atoms with Crippen molar-refractivity contribution in [2.75, 3.05) is 38.2 Å². The summed E-state index contributed by atoms with van der Waals surface area (Å²) in [7, 11) is 0. The zero-order valence-corrected chi connectivity index (χ0v) is 21.2. The molecule has 6 nitrogen and oxygen atoms in total. The number of hydrogen-bond donors (Lipinski definition) is 2. The minimum atomic E-state index is -0.542. The van der Waals surface area contributed by atoms with Gasteiger partial charge in [0.25, 0.3) is 0 Å². The Morgan fingerprint density at radius 1 is 0.973 bits per heavy atom. The molecule has 2 N–H and O–H groups in total. The molecule has 6 heteroatoms. The van der Waals surface area contributed by atoms with Gasteiger partial charge in [0, 0.05) is 47.9 Å². The highest BCUT2D eigenvalue weighted by atomic mass is 16.5. The quantitative estimate of drug-likeness (QED) is 0.296. The lowest BCUT2D eigenvalue weighted by Crippen LogP contribution is -2.39. The summed E-state index contributed by atoms with van der Waals surface area (Å²) in [5, 5.41) is 4.40. The van der Waals surface area contributed by atoms with Crippen LogP contribution in [0.1, 0.15) is 40.0 Å². The van der Waals surface area contributed by atoms with E-state index in [9.17, 15) is 9.59 Å². The second kappa shape index (κ2) is 11.5. The van der Waals surface area contributed by atoms with Crippen LogP contribution < -0.4 is 5.32 Å². The molecule has 0 spiro atoms. The standard InChI is InChI=1S/C31H33N3O3/c1-2-23-9-6-10-27-28(20-32-29(23)27)31(36)30(24-7-4-3-5-8-24)33-25-13-11-22(12-14-25)19-26(35)21-34-15-17-37-18-16-34/h3-14,20,30,32-33H,2,15-19,21H2,1H3. The topological polar surface area (TPSA) is 74.4 Å². The number of nitrogens with zero attached hydrogens (tertiary/aromatic N) is 1. The Morgan fingerprint density at radius 3 is 2.46 bits per heavy atom. The molecule has 0 radical (unpaired) electrons. The number of H-pyrrole nitrogens is 1. The summed E-state index contributed by atoms with van der Waals surface area (Å²) in [6, 6.07) is 23.2. The summed E-state index contributed by atoms with van der Waals surface area (Å²) in [5.74, 6) is 0.209. The first-order chi connectivity index (χ1) is 18.1. The van der Waals surface area contributed by atoms with Gasteiger partial charge in [-0.3, -0.25) is 14.5 Å². The van der Waals surface area contributed by atoms with Crippen LogP contribution in [0.2, 0.25) is 0 Å². The number of para-hydroxylation sites is 1. The lowest BCUT2D eigenvalue weighted by Gasteiger charge is -2.25. The Hall–Kier alpha value is -3.74. The second-order valence-corrected chi connectivity index (χ2v) is 9.55. The minimum Gasteiger partial charge on any atom is -0.379 e. The molecule has 0 bridgehead atoms. The monoisotopic (exact) mass is 495 g/mol. The summed E-state index contributed by atoms with van der Waals surface area (Å²) in [6.07, 6.45) is 3.12. The van der Waals surface area contributed by atoms with Gasteiger partial charge >= 0.3 is 0 Å². The number of rotatable bonds is 10. The predicted octanol–water partition coefficient (Wildman–Crippen LogP) is 5.21. The van der Waals surface area contributed by atoms with E-state index in [0.717, 1.165) is 47.2 Å². The van der Waals surface area contributed by atoms with Crippen molar-refractivity contribution >= 4 is 28.2 Å². The molecule has 0 aliphatic carbocycles. The Morgan fingerprint density at radius 2 is 1.73 bits per heavy atom. The van der Waals surface area contributed by atoms with Crippen LogP contribution in [0.4, 0.5) is 5.69 Å². The van der Waals surface area contributed by atoms with Crippen LogP contribution >= 0.6 is 0 Å². The van der Waals surface area contributed by atoms with Crippen molar-refractivity contribution in [2.45, 2.75) is 25.8 Å². The molecule has 1 aliphatic rings. The number of ketones is 2. The molecule has 1 saturated heterocycles. The van der Waals surface area contributed by atoms with E-state index in [0.29, 0.717) is 31.7 Å². The minimum absolute atomic E-state index is 0.00969. The van der Waals surface area contributed by atoms with Crippen LogP contribution in [0.3, 0.4) is 0 Å². The van der Waals surface area contributed by atoms with E-state index in [1.807, 2.05) is 72.9 Å². The van der Waals surface area contributed by atoms with Gasteiger partial charge in [-0.1, -0.05) is 67.6 Å². The molecular weight excluding hydrogens is 462 g/mol. The molecule has 4 aromatic rings. The predicted molar refractivity (Wildman–Crippen MR) is 147 cm³/mol. The Bertz CT molecular complexity index is 1360. The fraction of sp³-hybridized carbons (Fsp3) is 0.290. The van der Waals surface area contributed by atoms with Gasteiger partial charge in [-0.05, 0) is 35.2 Å². The number of anilines is 1. The third kappa shape index (κ3) is 5.82. The zero-order valence-electron chi connectivity index (χ0n) is 21.2. The molecule has 3 aromatic carbocycles. The van der Waals surface area contributed by atoms with Gasteiger partial charge in [0.15, 0.2) is 11.6 Å². The van der Waals surface area contributed by atoms with Crippen LogP contribution in [-0.4, -0.2) is 54.3 Å². The molecule has 0 amide bonds. The van der Waals surface area contributed by atoms with Gasteiger partial charge in [-0.25, -0.2) is 0 Å². The van der Waals surface area contributed by atoms with E-state index in [2.05, 4.69) is 28.2 Å². The number of aromatic nitrogens is 1. The van der Waals surface area contributed by atoms with Crippen molar-refractivity contribution in [3.05, 3.63) is 101 Å². The lowest BCUT2D eigenvalue weighted by molar-refractivity contribution is -0.120. The van der Waals surface area contributed by atoms with E-state index < -0.39 is 6.04 Å². The highest BCUT2D eigenvalue weighted by Crippen LogP contribution is 2.29. The van der Waals surface area contributed by atoms with Crippen molar-refractivity contribution in [2.24, 2.45) is 0 Å². The SMILES string of the molecule is CCc1cccc2c(C(=O)C(Nc3ccc(CC(=O)CN4CCOCC4)cc3)c3ccccc3)c[nH]c12. The first-order valence-corrected chi connectivity index (χ1v) is 13.0. The van der Waals surface area contributed by atoms with Gasteiger partial charge in [-0.2, -0.15) is 0 Å². The van der Waals surface area contributed by atoms with Crippen molar-refractivity contribution in [3.8, 4) is 0 Å². The number of aryl methyl sites for hydroxylation is 1. The molecule has 1 aromatic heterocycles. The number of morpholine rings is 1. The smallest absolute Gasteiger partial charge is 0.191 e. The highest BCUT2D eigenvalue weighted by Gasteiger charge is 2.25. The van der Waals surface area contributed by atoms with E-state index >= 15 is 0 Å². The average Bonchev–Trinajstić information content (AvgIpc) is 3.38. The molecule has 0 saturated carbocycles. The summed E-state index contributed by atoms with van der Waals surface area (Å²) in [4.78, 5) is 31.9. The molecule has 1 atom stereocenters. The Balaban J connectivity index is 1.33. The summed E-state index contributed by atoms with van der Waals surface area (Å²) in [6.45, 7) is 5.56. The molecule has 2 heterocycles. The number of hydrogen-bond acceptors (Lipinski definition) is 5. The first-order valence-electron chi connectivity index (χ1n) is 13.0. The molecular formula is C31H33N3O3. The van der Waals surface area contributed by atoms with E-state index in [1.165, 1.54) is 5.56 Å². The van der Waals surface area contributed by atoms with E-state index in [4.69, 9.17) is 4.74 Å². The maximum Gasteiger partial charge on any atom is 0.191 e. The van der Waals surface area contributed by atoms with Crippen molar-refractivity contribution in [1.29, 1.82) is 0 Å². The number of Topliss-reactive ketones (excluding diaryl/α,β-unsaturated/α-hetero) is 2. The highest BCUT2D eigenvalue weighted by molar-refractivity contribution is 6.12. The number of aromatic amines is 1. The fourth-order valence-corrected chi connectivity index (χ4v) is 4.99. The number of carbonyl (C=O) groups is 2. The molecule has 1 aliphatic heterocycles. The van der Waals surface area contributed by atoms with E-state index in [-0.39, 0.29) is 11.6 Å². The number of benzene rings is 3. The van der Waals surface area contributed by atoms with Gasteiger partial charge in [0.05, 0.1) is 19.8 Å². The Kier molecular flexibility index (Phi) is 7.78. The Labute approximate surface area is 217 Å². The molecule has 1 fully saturated rings. The van der Waals surface area contributed by atoms with Crippen LogP contribution in [0.5, 0.6) is 0 Å². The van der Waals surface area contributed by atoms with Crippen molar-refractivity contribution < 1.29 is 14.3 Å². The van der Waals surface area contributed by atoms with Gasteiger partial charge in [0.1, 0.15) is 6.04 Å². The van der Waals surface area contributed by atoms with Crippen LogP contribution in [0, 0.1) is 0 Å². The number of fused-ring (bicyclic) bond motifs is 1. The molecule has 5 rings (SSSR count). The normalized spacial score (nSPS) is 14.9. The van der Waals surface area contributed by atoms with E-state index in [1.54, 1.807) is 0 Å². The molecule has 1 unspecified atom stereocenters. The number of ether oxygens (including phenoxy) is 1. The largest absolute Gasteiger partial charge is 0.379 e. The van der Waals surface area contributed by atoms with Gasteiger partial charge in [-0.15, -0.1) is 0 Å². The summed E-state index contributed by atoms with van der Waals surface area (Å²) < 4.78 is 5.36. The third-order valence-electron chi connectivity index (χ3n) is 7.01. The summed E-state index contributed by atoms with van der Waals surface area (Å²) >= 11 is 0. The van der Waals surface area contributed by atoms with Gasteiger partial charge < -0.3 is 15.0 Å². The van der Waals surface area contributed by atoms with Crippen molar-refractivity contribution in [1.82, 2.24) is 9.88 Å². The first kappa shape index (κ1) is 24.9. The van der Waals surface area contributed by atoms with Crippen molar-refractivity contribution in [3.63, 3.8) is 0 Å². The lowest BCUT2D eigenvalue weighted by atomic mass is 9.96. The average molecular weight is 496 g/mol. The molecule has 190 valence electrons.